The molecule has 1 aromatic carbocycles. The number of aromatic nitrogens is 3. The molecule has 1 aliphatic heterocycles. The molecule has 11 heteroatoms. The molecule has 1 aromatic heterocycles. The van der Waals surface area contributed by atoms with Crippen LogP contribution in [0.1, 0.15) is 24.6 Å². The number of rotatable bonds is 5. The molecule has 1 fully saturated rings. The summed E-state index contributed by atoms with van der Waals surface area (Å²) in [5, 5.41) is 17.4. The zero-order chi connectivity index (χ0) is 19.6. The molecule has 1 saturated heterocycles. The Hall–Kier alpha value is -2.69. The summed E-state index contributed by atoms with van der Waals surface area (Å²) in [6.07, 6.45) is 2.81. The SMILES string of the molecule is CS(=O)(=O)c1ccc(OCc2cnn(C3CCN(C(=O)O)CC3)n2)c(F)c1. The maximum atomic E-state index is 14.0. The van der Waals surface area contributed by atoms with Crippen LogP contribution in [0, 0.1) is 5.82 Å². The molecule has 2 aromatic rings. The quantitative estimate of drug-likeness (QED) is 0.815. The van der Waals surface area contributed by atoms with E-state index in [4.69, 9.17) is 9.84 Å². The van der Waals surface area contributed by atoms with Gasteiger partial charge in [0.15, 0.2) is 21.4 Å². The first-order valence-corrected chi connectivity index (χ1v) is 10.1. The number of benzene rings is 1. The number of likely N-dealkylation sites (tertiary alicyclic amines) is 1. The number of halogens is 1. The summed E-state index contributed by atoms with van der Waals surface area (Å²) in [5.74, 6) is -0.849. The van der Waals surface area contributed by atoms with Gasteiger partial charge in [0.25, 0.3) is 0 Å². The van der Waals surface area contributed by atoms with Crippen LogP contribution in [0.15, 0.2) is 29.3 Å². The van der Waals surface area contributed by atoms with Crippen LogP contribution < -0.4 is 4.74 Å². The van der Waals surface area contributed by atoms with E-state index in [1.54, 1.807) is 0 Å². The highest BCUT2D eigenvalue weighted by Crippen LogP contribution is 2.23. The van der Waals surface area contributed by atoms with Gasteiger partial charge in [0.1, 0.15) is 12.3 Å². The van der Waals surface area contributed by atoms with Crippen LogP contribution in [0.3, 0.4) is 0 Å². The summed E-state index contributed by atoms with van der Waals surface area (Å²) in [6.45, 7) is 0.819. The Morgan fingerprint density at radius 3 is 2.67 bits per heavy atom. The molecule has 0 atom stereocenters. The summed E-state index contributed by atoms with van der Waals surface area (Å²) in [4.78, 5) is 13.7. The zero-order valence-corrected chi connectivity index (χ0v) is 15.4. The van der Waals surface area contributed by atoms with E-state index in [0.29, 0.717) is 31.6 Å². The third kappa shape index (κ3) is 4.54. The maximum Gasteiger partial charge on any atom is 0.407 e. The number of nitrogens with zero attached hydrogens (tertiary/aromatic N) is 4. The molecule has 0 aliphatic carbocycles. The van der Waals surface area contributed by atoms with Gasteiger partial charge in [-0.25, -0.2) is 17.6 Å². The van der Waals surface area contributed by atoms with Crippen molar-refractivity contribution in [2.75, 3.05) is 19.3 Å². The minimum atomic E-state index is -3.49. The van der Waals surface area contributed by atoms with Crippen LogP contribution in [0.2, 0.25) is 0 Å². The Kier molecular flexibility index (Phi) is 5.31. The number of ether oxygens (including phenoxy) is 1. The number of amides is 1. The zero-order valence-electron chi connectivity index (χ0n) is 14.6. The van der Waals surface area contributed by atoms with Gasteiger partial charge in [0.05, 0.1) is 17.1 Å². The molecule has 146 valence electrons. The molecular weight excluding hydrogens is 379 g/mol. The van der Waals surface area contributed by atoms with Crippen molar-refractivity contribution in [1.82, 2.24) is 19.9 Å². The van der Waals surface area contributed by atoms with Crippen LogP contribution >= 0.6 is 0 Å². The Morgan fingerprint density at radius 2 is 2.07 bits per heavy atom. The highest BCUT2D eigenvalue weighted by molar-refractivity contribution is 7.90. The van der Waals surface area contributed by atoms with E-state index in [-0.39, 0.29) is 23.3 Å². The average molecular weight is 398 g/mol. The first kappa shape index (κ1) is 19.1. The average Bonchev–Trinajstić information content (AvgIpc) is 3.09. The minimum Gasteiger partial charge on any atom is -0.484 e. The summed E-state index contributed by atoms with van der Waals surface area (Å²) in [7, 11) is -3.49. The third-order valence-corrected chi connectivity index (χ3v) is 5.43. The standard InChI is InChI=1S/C16H19FN4O5S/c1-27(24,25)13-2-3-15(14(17)8-13)26-10-11-9-18-21(19-11)12-4-6-20(7-5-12)16(22)23/h2-3,8-9,12H,4-7,10H2,1H3,(H,22,23). The van der Waals surface area contributed by atoms with Crippen LogP contribution in [0.25, 0.3) is 0 Å². The van der Waals surface area contributed by atoms with E-state index in [9.17, 15) is 17.6 Å². The monoisotopic (exact) mass is 398 g/mol. The molecule has 3 rings (SSSR count). The van der Waals surface area contributed by atoms with Gasteiger partial charge in [-0.3, -0.25) is 0 Å². The number of sulfone groups is 1. The van der Waals surface area contributed by atoms with Crippen molar-refractivity contribution in [3.8, 4) is 5.75 Å². The van der Waals surface area contributed by atoms with Crippen molar-refractivity contribution < 1.29 is 27.4 Å². The fourth-order valence-corrected chi connectivity index (χ4v) is 3.45. The van der Waals surface area contributed by atoms with E-state index in [1.807, 2.05) is 0 Å². The van der Waals surface area contributed by atoms with Gasteiger partial charge >= 0.3 is 6.09 Å². The highest BCUT2D eigenvalue weighted by atomic mass is 32.2. The summed E-state index contributed by atoms with van der Waals surface area (Å²) < 4.78 is 42.2. The Balaban J connectivity index is 1.60. The van der Waals surface area contributed by atoms with Gasteiger partial charge in [0, 0.05) is 19.3 Å². The van der Waals surface area contributed by atoms with Crippen molar-refractivity contribution >= 4 is 15.9 Å². The first-order valence-electron chi connectivity index (χ1n) is 8.25. The molecule has 0 spiro atoms. The number of piperidine rings is 1. The number of carbonyl (C=O) groups is 1. The second-order valence-corrected chi connectivity index (χ2v) is 8.33. The molecule has 0 radical (unpaired) electrons. The minimum absolute atomic E-state index is 0.000121. The molecule has 27 heavy (non-hydrogen) atoms. The molecule has 0 unspecified atom stereocenters. The molecule has 1 amide bonds. The van der Waals surface area contributed by atoms with Crippen LogP contribution in [-0.2, 0) is 16.4 Å². The normalized spacial score (nSPS) is 15.7. The van der Waals surface area contributed by atoms with Crippen molar-refractivity contribution in [3.63, 3.8) is 0 Å². The predicted octanol–water partition coefficient (Wildman–Crippen LogP) is 1.71. The number of hydrogen-bond donors (Lipinski definition) is 1. The first-order chi connectivity index (χ1) is 12.7. The lowest BCUT2D eigenvalue weighted by Crippen LogP contribution is -2.38. The fraction of sp³-hybridized carbons (Fsp3) is 0.438. The molecule has 1 aliphatic rings. The predicted molar refractivity (Wildman–Crippen MR) is 91.7 cm³/mol. The Labute approximate surface area is 155 Å². The third-order valence-electron chi connectivity index (χ3n) is 4.32. The Morgan fingerprint density at radius 1 is 1.37 bits per heavy atom. The maximum absolute atomic E-state index is 14.0. The van der Waals surface area contributed by atoms with Gasteiger partial charge in [-0.1, -0.05) is 0 Å². The molecule has 2 heterocycles. The molecule has 9 nitrogen and oxygen atoms in total. The van der Waals surface area contributed by atoms with Crippen molar-refractivity contribution in [2.24, 2.45) is 0 Å². The van der Waals surface area contributed by atoms with E-state index in [2.05, 4.69) is 10.2 Å². The number of hydrogen-bond acceptors (Lipinski definition) is 6. The van der Waals surface area contributed by atoms with Crippen LogP contribution in [0.4, 0.5) is 9.18 Å². The topological polar surface area (TPSA) is 115 Å². The molecular formula is C16H19FN4O5S. The fourth-order valence-electron chi connectivity index (χ4n) is 2.82. The Bertz CT molecular complexity index is 938. The number of carboxylic acid groups (broad SMARTS) is 1. The summed E-state index contributed by atoms with van der Waals surface area (Å²) in [5.41, 5.74) is 0.488. The molecule has 1 N–H and O–H groups in total. The second-order valence-electron chi connectivity index (χ2n) is 6.31. The second kappa shape index (κ2) is 7.51. The van der Waals surface area contributed by atoms with E-state index < -0.39 is 21.7 Å². The van der Waals surface area contributed by atoms with E-state index in [0.717, 1.165) is 12.3 Å². The molecule has 0 bridgehead atoms. The van der Waals surface area contributed by atoms with Gasteiger partial charge < -0.3 is 14.7 Å². The van der Waals surface area contributed by atoms with Gasteiger partial charge in [-0.2, -0.15) is 15.0 Å². The van der Waals surface area contributed by atoms with Crippen LogP contribution in [-0.4, -0.2) is 58.9 Å². The van der Waals surface area contributed by atoms with E-state index >= 15 is 0 Å². The van der Waals surface area contributed by atoms with Gasteiger partial charge in [-0.05, 0) is 31.0 Å². The lowest BCUT2D eigenvalue weighted by Gasteiger charge is -2.29. The van der Waals surface area contributed by atoms with Crippen molar-refractivity contribution in [3.05, 3.63) is 35.9 Å². The van der Waals surface area contributed by atoms with Crippen molar-refractivity contribution in [2.45, 2.75) is 30.4 Å². The molecule has 0 saturated carbocycles. The van der Waals surface area contributed by atoms with Crippen LogP contribution in [0.5, 0.6) is 5.75 Å². The lowest BCUT2D eigenvalue weighted by atomic mass is 10.1. The van der Waals surface area contributed by atoms with Crippen molar-refractivity contribution in [1.29, 1.82) is 0 Å². The summed E-state index contributed by atoms with van der Waals surface area (Å²) in [6, 6.07) is 3.45. The largest absolute Gasteiger partial charge is 0.484 e. The van der Waals surface area contributed by atoms with Gasteiger partial charge in [0.2, 0.25) is 0 Å². The highest BCUT2D eigenvalue weighted by Gasteiger charge is 2.24. The smallest absolute Gasteiger partial charge is 0.407 e. The summed E-state index contributed by atoms with van der Waals surface area (Å²) >= 11 is 0. The van der Waals surface area contributed by atoms with E-state index in [1.165, 1.54) is 28.0 Å². The van der Waals surface area contributed by atoms with Gasteiger partial charge in [-0.15, -0.1) is 0 Å². The lowest BCUT2D eigenvalue weighted by molar-refractivity contribution is 0.121.